The Labute approximate surface area is 232 Å². The number of nitrogens with zero attached hydrogens (tertiary/aromatic N) is 2. The normalized spacial score (nSPS) is 14.5. The molecule has 2 aromatic rings. The molecule has 9 nitrogen and oxygen atoms in total. The maximum absolute atomic E-state index is 13.5. The minimum atomic E-state index is -3.63. The second-order valence-corrected chi connectivity index (χ2v) is 11.8. The first-order valence-corrected chi connectivity index (χ1v) is 15.4. The molecule has 10 heteroatoms. The van der Waals surface area contributed by atoms with E-state index in [9.17, 15) is 18.0 Å². The van der Waals surface area contributed by atoms with Crippen LogP contribution in [0.1, 0.15) is 57.9 Å². The predicted molar refractivity (Wildman–Crippen MR) is 152 cm³/mol. The van der Waals surface area contributed by atoms with E-state index in [0.29, 0.717) is 23.8 Å². The number of rotatable bonds is 14. The number of anilines is 1. The number of methoxy groups -OCH3 is 1. The molecule has 0 bridgehead atoms. The zero-order valence-electron chi connectivity index (χ0n) is 23.4. The van der Waals surface area contributed by atoms with E-state index in [-0.39, 0.29) is 43.8 Å². The summed E-state index contributed by atoms with van der Waals surface area (Å²) in [5, 5.41) is 3.10. The van der Waals surface area contributed by atoms with E-state index in [1.165, 1.54) is 4.31 Å². The smallest absolute Gasteiger partial charge is 0.242 e. The molecule has 1 atom stereocenters. The van der Waals surface area contributed by atoms with E-state index in [4.69, 9.17) is 9.47 Å². The van der Waals surface area contributed by atoms with Crippen LogP contribution in [0.2, 0.25) is 0 Å². The standard InChI is InChI=1S/C29H41N3O6S/c1-5-38-27-17-9-8-16-26(27)32(39(4,35)36)19-11-18-28(33)31(21-23-12-10-15-25(20-23)37-3)22(2)29(34)30-24-13-6-7-14-24/h8-10,12,15-17,20,22,24H,5-7,11,13-14,18-19,21H2,1-4H3,(H,30,34)/t22-/m1/s1. The molecular weight excluding hydrogens is 518 g/mol. The Hall–Kier alpha value is -3.27. The van der Waals surface area contributed by atoms with Crippen molar-refractivity contribution in [1.82, 2.24) is 10.2 Å². The number of para-hydroxylation sites is 2. The van der Waals surface area contributed by atoms with Gasteiger partial charge in [0.15, 0.2) is 0 Å². The van der Waals surface area contributed by atoms with Gasteiger partial charge in [0.25, 0.3) is 0 Å². The lowest BCUT2D eigenvalue weighted by Gasteiger charge is -2.30. The Kier molecular flexibility index (Phi) is 11.0. The molecule has 0 aliphatic heterocycles. The molecular formula is C29H41N3O6S. The van der Waals surface area contributed by atoms with E-state index in [1.54, 1.807) is 43.2 Å². The molecule has 1 aliphatic rings. The molecule has 0 radical (unpaired) electrons. The average molecular weight is 560 g/mol. The van der Waals surface area contributed by atoms with Crippen LogP contribution in [0.3, 0.4) is 0 Å². The Morgan fingerprint density at radius 3 is 2.49 bits per heavy atom. The van der Waals surface area contributed by atoms with Gasteiger partial charge in [0, 0.05) is 25.6 Å². The van der Waals surface area contributed by atoms with Crippen LogP contribution in [0.15, 0.2) is 48.5 Å². The molecule has 1 fully saturated rings. The first-order chi connectivity index (χ1) is 18.6. The molecule has 214 valence electrons. The van der Waals surface area contributed by atoms with Crippen LogP contribution in [0.25, 0.3) is 0 Å². The van der Waals surface area contributed by atoms with E-state index in [0.717, 1.165) is 37.5 Å². The third-order valence-corrected chi connectivity index (χ3v) is 8.12. The number of amides is 2. The van der Waals surface area contributed by atoms with Crippen molar-refractivity contribution in [2.75, 3.05) is 30.8 Å². The van der Waals surface area contributed by atoms with E-state index in [2.05, 4.69) is 5.32 Å². The third-order valence-electron chi connectivity index (χ3n) is 6.94. The van der Waals surface area contributed by atoms with Gasteiger partial charge in [0.2, 0.25) is 21.8 Å². The lowest BCUT2D eigenvalue weighted by atomic mass is 10.1. The first-order valence-electron chi connectivity index (χ1n) is 13.6. The number of ether oxygens (including phenoxy) is 2. The number of carbonyl (C=O) groups excluding carboxylic acids is 2. The van der Waals surface area contributed by atoms with Gasteiger partial charge in [-0.05, 0) is 62.9 Å². The number of hydrogen-bond acceptors (Lipinski definition) is 6. The highest BCUT2D eigenvalue weighted by molar-refractivity contribution is 7.92. The number of carbonyl (C=O) groups is 2. The maximum atomic E-state index is 13.5. The molecule has 1 N–H and O–H groups in total. The second kappa shape index (κ2) is 14.2. The van der Waals surface area contributed by atoms with Crippen LogP contribution in [-0.2, 0) is 26.2 Å². The van der Waals surface area contributed by atoms with Crippen LogP contribution in [0.4, 0.5) is 5.69 Å². The molecule has 3 rings (SSSR count). The summed E-state index contributed by atoms with van der Waals surface area (Å²) >= 11 is 0. The molecule has 39 heavy (non-hydrogen) atoms. The van der Waals surface area contributed by atoms with Gasteiger partial charge in [0.1, 0.15) is 17.5 Å². The van der Waals surface area contributed by atoms with Crippen molar-refractivity contribution in [3.63, 3.8) is 0 Å². The fourth-order valence-electron chi connectivity index (χ4n) is 4.87. The molecule has 2 aromatic carbocycles. The molecule has 1 aliphatic carbocycles. The van der Waals surface area contributed by atoms with Crippen LogP contribution >= 0.6 is 0 Å². The van der Waals surface area contributed by atoms with Crippen LogP contribution in [0.5, 0.6) is 11.5 Å². The topological polar surface area (TPSA) is 105 Å². The average Bonchev–Trinajstić information content (AvgIpc) is 3.42. The summed E-state index contributed by atoms with van der Waals surface area (Å²) in [7, 11) is -2.05. The van der Waals surface area contributed by atoms with Crippen molar-refractivity contribution < 1.29 is 27.5 Å². The molecule has 2 amide bonds. The predicted octanol–water partition coefficient (Wildman–Crippen LogP) is 4.12. The molecule has 0 saturated heterocycles. The van der Waals surface area contributed by atoms with Crippen molar-refractivity contribution in [3.05, 3.63) is 54.1 Å². The largest absolute Gasteiger partial charge is 0.497 e. The second-order valence-electron chi connectivity index (χ2n) is 9.88. The lowest BCUT2D eigenvalue weighted by molar-refractivity contribution is -0.141. The highest BCUT2D eigenvalue weighted by atomic mass is 32.2. The molecule has 0 heterocycles. The number of nitrogens with one attached hydrogen (secondary N) is 1. The van der Waals surface area contributed by atoms with Gasteiger partial charge in [-0.3, -0.25) is 13.9 Å². The number of sulfonamides is 1. The summed E-state index contributed by atoms with van der Waals surface area (Å²) < 4.78 is 37.6. The van der Waals surface area contributed by atoms with Gasteiger partial charge in [-0.15, -0.1) is 0 Å². The Morgan fingerprint density at radius 1 is 1.10 bits per heavy atom. The highest BCUT2D eigenvalue weighted by Crippen LogP contribution is 2.30. The molecule has 0 unspecified atom stereocenters. The van der Waals surface area contributed by atoms with Gasteiger partial charge < -0.3 is 19.7 Å². The van der Waals surface area contributed by atoms with Crippen molar-refractivity contribution in [3.8, 4) is 11.5 Å². The van der Waals surface area contributed by atoms with Gasteiger partial charge in [-0.2, -0.15) is 0 Å². The van der Waals surface area contributed by atoms with Crippen molar-refractivity contribution in [2.45, 2.75) is 71.0 Å². The lowest BCUT2D eigenvalue weighted by Crippen LogP contribution is -2.49. The summed E-state index contributed by atoms with van der Waals surface area (Å²) in [5.41, 5.74) is 1.28. The quantitative estimate of drug-likeness (QED) is 0.373. The zero-order chi connectivity index (χ0) is 28.4. The molecule has 0 spiro atoms. The monoisotopic (exact) mass is 559 g/mol. The van der Waals surface area contributed by atoms with E-state index < -0.39 is 16.1 Å². The van der Waals surface area contributed by atoms with Gasteiger partial charge >= 0.3 is 0 Å². The molecule has 0 aromatic heterocycles. The van der Waals surface area contributed by atoms with Crippen molar-refractivity contribution >= 4 is 27.5 Å². The fourth-order valence-corrected chi connectivity index (χ4v) is 5.83. The van der Waals surface area contributed by atoms with Crippen LogP contribution < -0.4 is 19.1 Å². The minimum Gasteiger partial charge on any atom is -0.497 e. The summed E-state index contributed by atoms with van der Waals surface area (Å²) in [4.78, 5) is 28.2. The van der Waals surface area contributed by atoms with Gasteiger partial charge in [-0.25, -0.2) is 8.42 Å². The minimum absolute atomic E-state index is 0.0772. The number of hydrogen-bond donors (Lipinski definition) is 1. The van der Waals surface area contributed by atoms with Crippen LogP contribution in [0, 0.1) is 0 Å². The van der Waals surface area contributed by atoms with E-state index >= 15 is 0 Å². The number of benzene rings is 2. The van der Waals surface area contributed by atoms with E-state index in [1.807, 2.05) is 31.2 Å². The van der Waals surface area contributed by atoms with Crippen molar-refractivity contribution in [2.24, 2.45) is 0 Å². The SMILES string of the molecule is CCOc1ccccc1N(CCCC(=O)N(Cc1cccc(OC)c1)[C@H](C)C(=O)NC1CCCC1)S(C)(=O)=O. The fraction of sp³-hybridized carbons (Fsp3) is 0.517. The maximum Gasteiger partial charge on any atom is 0.242 e. The van der Waals surface area contributed by atoms with Crippen LogP contribution in [-0.4, -0.2) is 63.7 Å². The first kappa shape index (κ1) is 30.3. The zero-order valence-corrected chi connectivity index (χ0v) is 24.2. The van der Waals surface area contributed by atoms with Gasteiger partial charge in [0.05, 0.1) is 25.7 Å². The van der Waals surface area contributed by atoms with Gasteiger partial charge in [-0.1, -0.05) is 37.1 Å². The Morgan fingerprint density at radius 2 is 1.82 bits per heavy atom. The summed E-state index contributed by atoms with van der Waals surface area (Å²) in [6, 6.07) is 13.8. The highest BCUT2D eigenvalue weighted by Gasteiger charge is 2.29. The third kappa shape index (κ3) is 8.61. The summed E-state index contributed by atoms with van der Waals surface area (Å²) in [6.07, 6.45) is 5.58. The Bertz CT molecular complexity index is 1210. The van der Waals surface area contributed by atoms with Crippen molar-refractivity contribution in [1.29, 1.82) is 0 Å². The summed E-state index contributed by atoms with van der Waals surface area (Å²) in [6.45, 7) is 4.31. The molecule has 1 saturated carbocycles. The Balaban J connectivity index is 1.75. The summed E-state index contributed by atoms with van der Waals surface area (Å²) in [5.74, 6) is 0.730.